The zero-order valence-electron chi connectivity index (χ0n) is 16.2. The van der Waals surface area contributed by atoms with Gasteiger partial charge < -0.3 is 14.8 Å². The first-order valence-electron chi connectivity index (χ1n) is 9.05. The Labute approximate surface area is 174 Å². The number of rotatable bonds is 9. The van der Waals surface area contributed by atoms with Crippen LogP contribution in [0.1, 0.15) is 10.4 Å². The second-order valence-corrected chi connectivity index (χ2v) is 7.85. The van der Waals surface area contributed by atoms with E-state index in [9.17, 15) is 13.2 Å². The van der Waals surface area contributed by atoms with Gasteiger partial charge in [-0.25, -0.2) is 13.4 Å². The summed E-state index contributed by atoms with van der Waals surface area (Å²) in [5.74, 6) is 0.549. The predicted molar refractivity (Wildman–Crippen MR) is 113 cm³/mol. The predicted octanol–water partition coefficient (Wildman–Crippen LogP) is 3.16. The molecule has 3 aromatic rings. The molecule has 0 saturated carbocycles. The third-order valence-electron chi connectivity index (χ3n) is 3.97. The van der Waals surface area contributed by atoms with Crippen LogP contribution in [0.5, 0.6) is 5.75 Å². The summed E-state index contributed by atoms with van der Waals surface area (Å²) in [6.45, 7) is 0.806. The van der Waals surface area contributed by atoms with Crippen molar-refractivity contribution in [3.05, 3.63) is 78.5 Å². The van der Waals surface area contributed by atoms with Crippen molar-refractivity contribution in [2.24, 2.45) is 0 Å². The number of pyridine rings is 1. The topological polar surface area (TPSA) is 107 Å². The molecule has 0 aliphatic rings. The van der Waals surface area contributed by atoms with E-state index in [1.807, 2.05) is 0 Å². The number of nitrogens with one attached hydrogen (secondary N) is 2. The largest absolute Gasteiger partial charge is 0.491 e. The van der Waals surface area contributed by atoms with Crippen LogP contribution >= 0.6 is 0 Å². The summed E-state index contributed by atoms with van der Waals surface area (Å²) in [4.78, 5) is 16.5. The van der Waals surface area contributed by atoms with E-state index in [0.29, 0.717) is 30.3 Å². The van der Waals surface area contributed by atoms with Crippen molar-refractivity contribution in [1.82, 2.24) is 4.98 Å². The molecule has 9 heteroatoms. The Morgan fingerprint density at radius 1 is 1.00 bits per heavy atom. The summed E-state index contributed by atoms with van der Waals surface area (Å²) < 4.78 is 38.1. The van der Waals surface area contributed by atoms with Crippen molar-refractivity contribution >= 4 is 27.4 Å². The van der Waals surface area contributed by atoms with Crippen LogP contribution in [0.4, 0.5) is 11.5 Å². The Hall–Kier alpha value is -3.43. The number of carbonyl (C=O) groups is 1. The lowest BCUT2D eigenvalue weighted by Gasteiger charge is -2.11. The molecule has 156 valence electrons. The van der Waals surface area contributed by atoms with Gasteiger partial charge in [0.25, 0.3) is 15.9 Å². The van der Waals surface area contributed by atoms with Gasteiger partial charge in [0.1, 0.15) is 18.2 Å². The molecule has 0 aliphatic carbocycles. The summed E-state index contributed by atoms with van der Waals surface area (Å²) in [5, 5.41) is 2.66. The van der Waals surface area contributed by atoms with Crippen molar-refractivity contribution in [2.45, 2.75) is 4.90 Å². The third kappa shape index (κ3) is 5.79. The monoisotopic (exact) mass is 427 g/mol. The highest BCUT2D eigenvalue weighted by molar-refractivity contribution is 7.92. The smallest absolute Gasteiger partial charge is 0.261 e. The maximum absolute atomic E-state index is 12.7. The summed E-state index contributed by atoms with van der Waals surface area (Å²) in [6, 6.07) is 17.4. The van der Waals surface area contributed by atoms with E-state index in [4.69, 9.17) is 9.47 Å². The van der Waals surface area contributed by atoms with Crippen LogP contribution in [0.15, 0.2) is 77.8 Å². The average Bonchev–Trinajstić information content (AvgIpc) is 2.75. The van der Waals surface area contributed by atoms with Gasteiger partial charge in [-0.3, -0.25) is 9.52 Å². The first-order valence-corrected chi connectivity index (χ1v) is 10.5. The number of amides is 1. The van der Waals surface area contributed by atoms with Gasteiger partial charge in [0.2, 0.25) is 0 Å². The minimum Gasteiger partial charge on any atom is -0.491 e. The van der Waals surface area contributed by atoms with Crippen LogP contribution < -0.4 is 14.8 Å². The second kappa shape index (κ2) is 9.86. The molecule has 3 rings (SSSR count). The molecule has 8 nitrogen and oxygen atoms in total. The molecule has 0 radical (unpaired) electrons. The van der Waals surface area contributed by atoms with E-state index >= 15 is 0 Å². The Bertz CT molecular complexity index is 1090. The summed E-state index contributed by atoms with van der Waals surface area (Å²) in [5.41, 5.74) is 0.562. The highest BCUT2D eigenvalue weighted by Gasteiger charge is 2.15. The van der Waals surface area contributed by atoms with Gasteiger partial charge in [0.15, 0.2) is 0 Å². The van der Waals surface area contributed by atoms with Crippen LogP contribution in [0.25, 0.3) is 0 Å². The third-order valence-corrected chi connectivity index (χ3v) is 5.37. The van der Waals surface area contributed by atoms with Gasteiger partial charge in [0, 0.05) is 24.6 Å². The molecule has 1 aromatic heterocycles. The fraction of sp³-hybridized carbons (Fsp3) is 0.143. The Morgan fingerprint density at radius 3 is 2.50 bits per heavy atom. The first kappa shape index (κ1) is 21.3. The standard InChI is InChI=1S/C21H21N3O5S/c1-28-13-14-29-18-8-10-19(11-9-18)30(26,27)24-17-6-4-5-16(15-17)21(25)23-20-7-2-3-12-22-20/h2-12,15,24H,13-14H2,1H3,(H,22,23,25). The Balaban J connectivity index is 1.69. The van der Waals surface area contributed by atoms with Crippen LogP contribution in [-0.2, 0) is 14.8 Å². The van der Waals surface area contributed by atoms with Crippen LogP contribution in [0.2, 0.25) is 0 Å². The lowest BCUT2D eigenvalue weighted by atomic mass is 10.2. The molecule has 0 atom stereocenters. The first-order chi connectivity index (χ1) is 14.5. The molecular formula is C21H21N3O5S. The minimum absolute atomic E-state index is 0.0740. The molecule has 1 heterocycles. The van der Waals surface area contributed by atoms with E-state index < -0.39 is 15.9 Å². The maximum Gasteiger partial charge on any atom is 0.261 e. The molecule has 1 amide bonds. The van der Waals surface area contributed by atoms with Gasteiger partial charge in [-0.05, 0) is 54.6 Å². The maximum atomic E-state index is 12.7. The number of hydrogen-bond donors (Lipinski definition) is 2. The molecule has 0 saturated heterocycles. The molecule has 30 heavy (non-hydrogen) atoms. The molecule has 2 N–H and O–H groups in total. The molecular weight excluding hydrogens is 406 g/mol. The normalized spacial score (nSPS) is 11.0. The van der Waals surface area contributed by atoms with Gasteiger partial charge in [0.05, 0.1) is 11.5 Å². The van der Waals surface area contributed by atoms with Gasteiger partial charge >= 0.3 is 0 Å². The molecule has 2 aromatic carbocycles. The zero-order valence-corrected chi connectivity index (χ0v) is 17.1. The quantitative estimate of drug-likeness (QED) is 0.508. The van der Waals surface area contributed by atoms with Crippen LogP contribution in [0, 0.1) is 0 Å². The van der Waals surface area contributed by atoms with Crippen molar-refractivity contribution in [3.63, 3.8) is 0 Å². The highest BCUT2D eigenvalue weighted by Crippen LogP contribution is 2.20. The molecule has 0 aliphatic heterocycles. The Morgan fingerprint density at radius 2 is 1.80 bits per heavy atom. The number of anilines is 2. The number of methoxy groups -OCH3 is 1. The number of sulfonamides is 1. The molecule has 0 spiro atoms. The fourth-order valence-electron chi connectivity index (χ4n) is 2.52. The lowest BCUT2D eigenvalue weighted by Crippen LogP contribution is -2.15. The van der Waals surface area contributed by atoms with Gasteiger partial charge in [-0.1, -0.05) is 12.1 Å². The van der Waals surface area contributed by atoms with Crippen LogP contribution in [-0.4, -0.2) is 39.6 Å². The summed E-state index contributed by atoms with van der Waals surface area (Å²) >= 11 is 0. The molecule has 0 bridgehead atoms. The zero-order chi connectivity index (χ0) is 21.4. The van der Waals surface area contributed by atoms with Crippen molar-refractivity contribution < 1.29 is 22.7 Å². The number of benzene rings is 2. The number of nitrogens with zero attached hydrogens (tertiary/aromatic N) is 1. The molecule has 0 unspecified atom stereocenters. The summed E-state index contributed by atoms with van der Waals surface area (Å²) in [6.07, 6.45) is 1.56. The number of aromatic nitrogens is 1. The van der Waals surface area contributed by atoms with E-state index in [1.165, 1.54) is 18.2 Å². The lowest BCUT2D eigenvalue weighted by molar-refractivity contribution is 0.102. The van der Waals surface area contributed by atoms with Crippen molar-refractivity contribution in [3.8, 4) is 5.75 Å². The second-order valence-electron chi connectivity index (χ2n) is 6.17. The van der Waals surface area contributed by atoms with Crippen molar-refractivity contribution in [1.29, 1.82) is 0 Å². The van der Waals surface area contributed by atoms with E-state index in [-0.39, 0.29) is 10.6 Å². The number of hydrogen-bond acceptors (Lipinski definition) is 6. The van der Waals surface area contributed by atoms with E-state index in [1.54, 1.807) is 61.8 Å². The number of carbonyl (C=O) groups excluding carboxylic acids is 1. The van der Waals surface area contributed by atoms with E-state index in [0.717, 1.165) is 0 Å². The molecule has 0 fully saturated rings. The average molecular weight is 427 g/mol. The Kier molecular flexibility index (Phi) is 6.99. The fourth-order valence-corrected chi connectivity index (χ4v) is 3.57. The minimum atomic E-state index is -3.83. The summed E-state index contributed by atoms with van der Waals surface area (Å²) in [7, 11) is -2.26. The van der Waals surface area contributed by atoms with Gasteiger partial charge in [-0.15, -0.1) is 0 Å². The SMILES string of the molecule is COCCOc1ccc(S(=O)(=O)Nc2cccc(C(=O)Nc3ccccn3)c2)cc1. The number of ether oxygens (including phenoxy) is 2. The van der Waals surface area contributed by atoms with Crippen LogP contribution in [0.3, 0.4) is 0 Å². The van der Waals surface area contributed by atoms with E-state index in [2.05, 4.69) is 15.0 Å². The van der Waals surface area contributed by atoms with Gasteiger partial charge in [-0.2, -0.15) is 0 Å². The van der Waals surface area contributed by atoms with Crippen molar-refractivity contribution in [2.75, 3.05) is 30.4 Å². The highest BCUT2D eigenvalue weighted by atomic mass is 32.2.